The molecule has 0 saturated carbocycles. The van der Waals surface area contributed by atoms with Crippen LogP contribution >= 0.6 is 11.3 Å². The van der Waals surface area contributed by atoms with Gasteiger partial charge in [0, 0.05) is 11.4 Å². The first-order valence-corrected chi connectivity index (χ1v) is 8.56. The summed E-state index contributed by atoms with van der Waals surface area (Å²) in [6.45, 7) is 0.323. The first-order valence-electron chi connectivity index (χ1n) is 7.75. The smallest absolute Gasteiger partial charge is 0.348 e. The van der Waals surface area contributed by atoms with Gasteiger partial charge in [0.2, 0.25) is 0 Å². The monoisotopic (exact) mass is 370 g/mol. The van der Waals surface area contributed by atoms with Crippen LogP contribution in [0.15, 0.2) is 60.7 Å². The van der Waals surface area contributed by atoms with E-state index in [-0.39, 0.29) is 16.4 Å². The van der Waals surface area contributed by atoms with E-state index in [2.05, 4.69) is 10.6 Å². The summed E-state index contributed by atoms with van der Waals surface area (Å²) in [7, 11) is 0. The highest BCUT2D eigenvalue weighted by Crippen LogP contribution is 2.35. The summed E-state index contributed by atoms with van der Waals surface area (Å²) < 4.78 is 13.1. The lowest BCUT2D eigenvalue weighted by molar-refractivity contribution is 0.0703. The number of carbonyl (C=O) groups is 2. The molecular formula is C19H15FN2O3S. The Morgan fingerprint density at radius 3 is 2.38 bits per heavy atom. The van der Waals surface area contributed by atoms with Crippen LogP contribution in [0.2, 0.25) is 0 Å². The summed E-state index contributed by atoms with van der Waals surface area (Å²) in [5.41, 5.74) is 1.81. The maximum Gasteiger partial charge on any atom is 0.348 e. The lowest BCUT2D eigenvalue weighted by atomic mass is 10.2. The highest BCUT2D eigenvalue weighted by Gasteiger charge is 2.18. The summed E-state index contributed by atoms with van der Waals surface area (Å²) in [4.78, 5) is 24.2. The molecule has 0 atom stereocenters. The van der Waals surface area contributed by atoms with E-state index in [0.717, 1.165) is 16.9 Å². The second-order valence-corrected chi connectivity index (χ2v) is 6.51. The van der Waals surface area contributed by atoms with Crippen molar-refractivity contribution in [2.75, 3.05) is 5.32 Å². The van der Waals surface area contributed by atoms with E-state index in [4.69, 9.17) is 0 Å². The van der Waals surface area contributed by atoms with Crippen molar-refractivity contribution in [3.8, 4) is 10.4 Å². The van der Waals surface area contributed by atoms with Gasteiger partial charge < -0.3 is 15.7 Å². The molecule has 132 valence electrons. The predicted molar refractivity (Wildman–Crippen MR) is 99.0 cm³/mol. The van der Waals surface area contributed by atoms with Crippen molar-refractivity contribution < 1.29 is 19.1 Å². The topological polar surface area (TPSA) is 78.4 Å². The molecule has 26 heavy (non-hydrogen) atoms. The molecule has 0 fully saturated rings. The molecule has 0 aliphatic rings. The number of carboxylic acid groups (broad SMARTS) is 1. The number of urea groups is 1. The number of anilines is 1. The van der Waals surface area contributed by atoms with E-state index in [9.17, 15) is 19.1 Å². The van der Waals surface area contributed by atoms with Crippen LogP contribution in [-0.2, 0) is 6.54 Å². The minimum atomic E-state index is -1.14. The molecular weight excluding hydrogens is 355 g/mol. The number of benzene rings is 2. The number of carbonyl (C=O) groups excluding carboxylic acids is 1. The molecule has 7 heteroatoms. The van der Waals surface area contributed by atoms with Crippen LogP contribution in [0, 0.1) is 5.82 Å². The zero-order chi connectivity index (χ0) is 18.5. The Morgan fingerprint density at radius 1 is 1.04 bits per heavy atom. The summed E-state index contributed by atoms with van der Waals surface area (Å²) in [6, 6.07) is 16.2. The third-order valence-electron chi connectivity index (χ3n) is 3.60. The number of carboxylic acids is 1. The molecule has 1 heterocycles. The second-order valence-electron chi connectivity index (χ2n) is 5.46. The average Bonchev–Trinajstić information content (AvgIpc) is 3.05. The SMILES string of the molecule is O=C(NCc1ccccc1)Nc1cc(-c2ccc(F)cc2)sc1C(=O)O. The van der Waals surface area contributed by atoms with Crippen molar-refractivity contribution >= 4 is 29.0 Å². The number of hydrogen-bond acceptors (Lipinski definition) is 3. The van der Waals surface area contributed by atoms with Gasteiger partial charge in [0.15, 0.2) is 0 Å². The molecule has 5 nitrogen and oxygen atoms in total. The van der Waals surface area contributed by atoms with Crippen LogP contribution in [0.3, 0.4) is 0 Å². The largest absolute Gasteiger partial charge is 0.477 e. The van der Waals surface area contributed by atoms with Crippen LogP contribution < -0.4 is 10.6 Å². The average molecular weight is 370 g/mol. The predicted octanol–water partition coefficient (Wildman–Crippen LogP) is 4.57. The Hall–Kier alpha value is -3.19. The minimum Gasteiger partial charge on any atom is -0.477 e. The molecule has 1 aromatic heterocycles. The van der Waals surface area contributed by atoms with Crippen molar-refractivity contribution in [1.29, 1.82) is 0 Å². The molecule has 0 bridgehead atoms. The first kappa shape index (κ1) is 17.6. The number of aromatic carboxylic acids is 1. The van der Waals surface area contributed by atoms with Gasteiger partial charge in [0.05, 0.1) is 5.69 Å². The van der Waals surface area contributed by atoms with Crippen molar-refractivity contribution in [3.05, 3.63) is 76.9 Å². The van der Waals surface area contributed by atoms with Gasteiger partial charge in [0.1, 0.15) is 10.7 Å². The van der Waals surface area contributed by atoms with E-state index < -0.39 is 12.0 Å². The molecule has 0 spiro atoms. The fraction of sp³-hybridized carbons (Fsp3) is 0.0526. The molecule has 0 unspecified atom stereocenters. The van der Waals surface area contributed by atoms with E-state index in [0.29, 0.717) is 17.0 Å². The lowest BCUT2D eigenvalue weighted by Crippen LogP contribution is -2.28. The van der Waals surface area contributed by atoms with Gasteiger partial charge in [-0.3, -0.25) is 0 Å². The molecule has 2 aromatic carbocycles. The molecule has 3 rings (SSSR count). The van der Waals surface area contributed by atoms with E-state index in [1.54, 1.807) is 18.2 Å². The maximum atomic E-state index is 13.1. The number of thiophene rings is 1. The van der Waals surface area contributed by atoms with Gasteiger partial charge in [-0.2, -0.15) is 0 Å². The van der Waals surface area contributed by atoms with Gasteiger partial charge >= 0.3 is 12.0 Å². The van der Waals surface area contributed by atoms with Gasteiger partial charge in [-0.05, 0) is 29.3 Å². The minimum absolute atomic E-state index is 0.0131. The summed E-state index contributed by atoms with van der Waals surface area (Å²) in [5, 5.41) is 14.6. The van der Waals surface area contributed by atoms with Crippen LogP contribution in [-0.4, -0.2) is 17.1 Å². The van der Waals surface area contributed by atoms with Crippen molar-refractivity contribution in [2.24, 2.45) is 0 Å². The number of halogens is 1. The normalized spacial score (nSPS) is 10.3. The Balaban J connectivity index is 1.74. The quantitative estimate of drug-likeness (QED) is 0.615. The summed E-state index contributed by atoms with van der Waals surface area (Å²) >= 11 is 1.02. The van der Waals surface area contributed by atoms with Crippen LogP contribution in [0.25, 0.3) is 10.4 Å². The maximum absolute atomic E-state index is 13.1. The molecule has 3 N–H and O–H groups in total. The van der Waals surface area contributed by atoms with Crippen molar-refractivity contribution in [3.63, 3.8) is 0 Å². The third-order valence-corrected chi connectivity index (χ3v) is 4.77. The fourth-order valence-corrected chi connectivity index (χ4v) is 3.30. The molecule has 0 aliphatic carbocycles. The van der Waals surface area contributed by atoms with Gasteiger partial charge in [-0.15, -0.1) is 11.3 Å². The fourth-order valence-electron chi connectivity index (χ4n) is 2.34. The van der Waals surface area contributed by atoms with Crippen molar-refractivity contribution in [1.82, 2.24) is 5.32 Å². The van der Waals surface area contributed by atoms with E-state index in [1.165, 1.54) is 12.1 Å². The van der Waals surface area contributed by atoms with E-state index >= 15 is 0 Å². The standard InChI is InChI=1S/C19H15FN2O3S/c20-14-8-6-13(7-9-14)16-10-15(17(26-16)18(23)24)22-19(25)21-11-12-4-2-1-3-5-12/h1-10H,11H2,(H,23,24)(H2,21,22,25). The number of nitrogens with one attached hydrogen (secondary N) is 2. The Morgan fingerprint density at radius 2 is 1.73 bits per heavy atom. The van der Waals surface area contributed by atoms with Crippen LogP contribution in [0.5, 0.6) is 0 Å². The first-order chi connectivity index (χ1) is 12.5. The molecule has 0 radical (unpaired) electrons. The Labute approximate surface area is 153 Å². The highest BCUT2D eigenvalue weighted by atomic mass is 32.1. The van der Waals surface area contributed by atoms with Gasteiger partial charge in [-0.25, -0.2) is 14.0 Å². The number of amides is 2. The summed E-state index contributed by atoms with van der Waals surface area (Å²) in [5.74, 6) is -1.51. The van der Waals surface area contributed by atoms with E-state index in [1.807, 2.05) is 30.3 Å². The number of hydrogen-bond donors (Lipinski definition) is 3. The zero-order valence-electron chi connectivity index (χ0n) is 13.5. The highest BCUT2D eigenvalue weighted by molar-refractivity contribution is 7.18. The Bertz CT molecular complexity index is 924. The molecule has 0 aliphatic heterocycles. The molecule has 3 aromatic rings. The second kappa shape index (κ2) is 7.79. The van der Waals surface area contributed by atoms with Crippen LogP contribution in [0.1, 0.15) is 15.2 Å². The lowest BCUT2D eigenvalue weighted by Gasteiger charge is -2.07. The number of rotatable bonds is 5. The zero-order valence-corrected chi connectivity index (χ0v) is 14.3. The van der Waals surface area contributed by atoms with Crippen LogP contribution in [0.4, 0.5) is 14.9 Å². The van der Waals surface area contributed by atoms with Crippen molar-refractivity contribution in [2.45, 2.75) is 6.54 Å². The molecule has 0 saturated heterocycles. The Kier molecular flexibility index (Phi) is 5.28. The molecule has 2 amide bonds. The third kappa shape index (κ3) is 4.25. The summed E-state index contributed by atoms with van der Waals surface area (Å²) in [6.07, 6.45) is 0. The van der Waals surface area contributed by atoms with Gasteiger partial charge in [0.25, 0.3) is 0 Å². The van der Waals surface area contributed by atoms with Gasteiger partial charge in [-0.1, -0.05) is 42.5 Å².